The molecule has 1 N–H and O–H groups in total. The highest BCUT2D eigenvalue weighted by Gasteiger charge is 2.35. The number of nitrogens with one attached hydrogen (secondary N) is 1. The maximum Gasteiger partial charge on any atom is 0.264 e. The molecule has 2 aliphatic heterocycles. The average molecular weight is 874 g/mol. The minimum atomic E-state index is -1.10. The zero-order valence-electron chi connectivity index (χ0n) is 23.9. The number of halogens is 4. The standard InChI is InChI=1S/C34H18Br4N8O/c35-33(36)34(37,38)47-46-31-23-15-7-8-16-24(23)32(46)45-30-22-14-6-4-12-20(22)28(43-30)41-26-18-10-2-1-9-17(18)25(39-26)40-27-19-11-3-5-13-21(19)29(42-27)44-31/h1-16,33H,(H,39,40,41,42,43,44,45). The fraction of sp³-hybridized carbons (Fsp3) is 0.0588. The first-order valence-corrected chi connectivity index (χ1v) is 17.8. The highest BCUT2D eigenvalue weighted by atomic mass is 79.9. The monoisotopic (exact) mass is 870 g/mol. The van der Waals surface area contributed by atoms with Gasteiger partial charge in [-0.05, 0) is 31.9 Å². The molecule has 2 aliphatic rings. The normalized spacial score (nSPS) is 12.4. The Balaban J connectivity index is 1.52. The molecular formula is C34H18Br4N8O. The summed E-state index contributed by atoms with van der Waals surface area (Å²) in [5.41, 5.74) is 5.72. The average Bonchev–Trinajstić information content (AvgIpc) is 3.79. The molecule has 3 aromatic heterocycles. The summed E-state index contributed by atoms with van der Waals surface area (Å²) < 4.78 is 0.163. The number of aromatic amines is 1. The van der Waals surface area contributed by atoms with Gasteiger partial charge in [0.2, 0.25) is 0 Å². The summed E-state index contributed by atoms with van der Waals surface area (Å²) in [4.78, 5) is 40.5. The first-order valence-electron chi connectivity index (χ1n) is 14.4. The molecule has 5 heterocycles. The van der Waals surface area contributed by atoms with Crippen LogP contribution in [0.25, 0.3) is 89.7 Å². The van der Waals surface area contributed by atoms with Crippen molar-refractivity contribution < 1.29 is 4.84 Å². The molecule has 0 spiro atoms. The Labute approximate surface area is 300 Å². The van der Waals surface area contributed by atoms with Gasteiger partial charge in [-0.1, -0.05) is 129 Å². The van der Waals surface area contributed by atoms with Gasteiger partial charge in [0.05, 0.1) is 0 Å². The number of hydrogen-bond acceptors (Lipinski definition) is 7. The lowest BCUT2D eigenvalue weighted by atomic mass is 10.1. The lowest BCUT2D eigenvalue weighted by molar-refractivity contribution is 0.105. The fourth-order valence-electron chi connectivity index (χ4n) is 5.91. The number of aromatic nitrogens is 8. The van der Waals surface area contributed by atoms with Crippen LogP contribution in [0.2, 0.25) is 0 Å². The molecule has 0 atom stereocenters. The maximum absolute atomic E-state index is 6.61. The predicted molar refractivity (Wildman–Crippen MR) is 198 cm³/mol. The van der Waals surface area contributed by atoms with Crippen LogP contribution in [0.15, 0.2) is 97.1 Å². The van der Waals surface area contributed by atoms with Crippen LogP contribution in [0.1, 0.15) is 0 Å². The summed E-state index contributed by atoms with van der Waals surface area (Å²) in [7, 11) is 0. The third-order valence-corrected chi connectivity index (χ3v) is 13.0. The van der Waals surface area contributed by atoms with E-state index in [1.165, 1.54) is 0 Å². The van der Waals surface area contributed by atoms with Crippen molar-refractivity contribution in [2.75, 3.05) is 0 Å². The van der Waals surface area contributed by atoms with Gasteiger partial charge in [0.15, 0.2) is 34.6 Å². The van der Waals surface area contributed by atoms with Gasteiger partial charge in [-0.15, -0.1) is 4.73 Å². The molecule has 13 heteroatoms. The first kappa shape index (κ1) is 29.1. The summed E-state index contributed by atoms with van der Waals surface area (Å²) in [6, 6.07) is 31.8. The van der Waals surface area contributed by atoms with Gasteiger partial charge >= 0.3 is 0 Å². The van der Waals surface area contributed by atoms with Crippen molar-refractivity contribution in [3.8, 4) is 45.6 Å². The van der Waals surface area contributed by atoms with E-state index in [1.807, 2.05) is 97.1 Å². The molecule has 7 aromatic rings. The van der Waals surface area contributed by atoms with Gasteiger partial charge in [0.25, 0.3) is 3.42 Å². The zero-order valence-corrected chi connectivity index (χ0v) is 30.2. The Bertz CT molecular complexity index is 2430. The van der Waals surface area contributed by atoms with Crippen molar-refractivity contribution in [1.29, 1.82) is 0 Å². The van der Waals surface area contributed by atoms with Crippen LogP contribution in [0.3, 0.4) is 0 Å². The van der Waals surface area contributed by atoms with Crippen molar-refractivity contribution in [1.82, 2.24) is 39.6 Å². The molecule has 0 unspecified atom stereocenters. The van der Waals surface area contributed by atoms with E-state index in [2.05, 4.69) is 68.7 Å². The van der Waals surface area contributed by atoms with Crippen molar-refractivity contribution >= 4 is 108 Å². The molecule has 9 rings (SSSR count). The van der Waals surface area contributed by atoms with E-state index in [-0.39, 0.29) is 3.74 Å². The maximum atomic E-state index is 6.61. The van der Waals surface area contributed by atoms with E-state index < -0.39 is 3.42 Å². The Kier molecular flexibility index (Phi) is 6.82. The van der Waals surface area contributed by atoms with E-state index >= 15 is 0 Å². The molecule has 0 aliphatic carbocycles. The van der Waals surface area contributed by atoms with Gasteiger partial charge < -0.3 is 9.82 Å². The SMILES string of the molecule is BrC(Br)C(Br)(Br)On1c2nc3nc(nc4[nH]c(nc5nc(nc1c1ccccc12)-c1ccccc1-5)c1ccccc41)-c1ccccc1-3. The number of alkyl halides is 4. The second kappa shape index (κ2) is 11.0. The quantitative estimate of drug-likeness (QED) is 0.177. The Morgan fingerprint density at radius 3 is 1.28 bits per heavy atom. The Morgan fingerprint density at radius 2 is 0.872 bits per heavy atom. The van der Waals surface area contributed by atoms with E-state index in [4.69, 9.17) is 34.7 Å². The number of nitrogens with zero attached hydrogens (tertiary/aromatic N) is 7. The van der Waals surface area contributed by atoms with Crippen LogP contribution in [-0.4, -0.2) is 46.8 Å². The van der Waals surface area contributed by atoms with Crippen LogP contribution >= 0.6 is 63.7 Å². The Morgan fingerprint density at radius 1 is 0.511 bits per heavy atom. The van der Waals surface area contributed by atoms with E-state index in [9.17, 15) is 0 Å². The predicted octanol–water partition coefficient (Wildman–Crippen LogP) is 9.33. The fourth-order valence-corrected chi connectivity index (χ4v) is 6.37. The minimum absolute atomic E-state index is 0.350. The van der Waals surface area contributed by atoms with E-state index in [0.717, 1.165) is 43.8 Å². The Hall–Kier alpha value is -4.04. The second-order valence-corrected chi connectivity index (χ2v) is 17.3. The lowest BCUT2D eigenvalue weighted by Gasteiger charge is -2.23. The summed E-state index contributed by atoms with van der Waals surface area (Å²) in [5, 5.41) is 3.48. The van der Waals surface area contributed by atoms with Crippen LogP contribution in [0.4, 0.5) is 0 Å². The minimum Gasteiger partial charge on any atom is -0.378 e. The van der Waals surface area contributed by atoms with Gasteiger partial charge in [-0.3, -0.25) is 0 Å². The molecule has 4 aromatic carbocycles. The molecule has 0 saturated carbocycles. The van der Waals surface area contributed by atoms with Crippen molar-refractivity contribution in [3.63, 3.8) is 0 Å². The topological polar surface area (TPSA) is 107 Å². The summed E-state index contributed by atoms with van der Waals surface area (Å²) in [6.45, 7) is 0. The zero-order chi connectivity index (χ0) is 31.9. The van der Waals surface area contributed by atoms with E-state index in [1.54, 1.807) is 4.73 Å². The molecule has 0 fully saturated rings. The molecule has 8 bridgehead atoms. The van der Waals surface area contributed by atoms with Crippen LogP contribution in [-0.2, 0) is 0 Å². The van der Waals surface area contributed by atoms with E-state index in [0.29, 0.717) is 45.9 Å². The van der Waals surface area contributed by atoms with Crippen LogP contribution < -0.4 is 4.84 Å². The number of benzene rings is 4. The molecule has 228 valence electrons. The third-order valence-electron chi connectivity index (χ3n) is 8.04. The largest absolute Gasteiger partial charge is 0.378 e. The van der Waals surface area contributed by atoms with Gasteiger partial charge in [0.1, 0.15) is 15.0 Å². The molecule has 47 heavy (non-hydrogen) atoms. The third kappa shape index (κ3) is 4.73. The van der Waals surface area contributed by atoms with Crippen LogP contribution in [0, 0.1) is 0 Å². The van der Waals surface area contributed by atoms with Crippen molar-refractivity contribution in [2.24, 2.45) is 0 Å². The van der Waals surface area contributed by atoms with Gasteiger partial charge in [-0.25, -0.2) is 29.9 Å². The van der Waals surface area contributed by atoms with Gasteiger partial charge in [0, 0.05) is 43.8 Å². The highest BCUT2D eigenvalue weighted by Crippen LogP contribution is 2.40. The molecule has 0 saturated heterocycles. The summed E-state index contributed by atoms with van der Waals surface area (Å²) >= 11 is 14.5. The smallest absolute Gasteiger partial charge is 0.264 e. The highest BCUT2D eigenvalue weighted by molar-refractivity contribution is 9.29. The summed E-state index contributed by atoms with van der Waals surface area (Å²) in [5.74, 6) is 2.06. The molecule has 0 radical (unpaired) electrons. The lowest BCUT2D eigenvalue weighted by Crippen LogP contribution is -2.34. The first-order chi connectivity index (χ1) is 22.9. The number of fused-ring (bicyclic) bond motifs is 20. The number of hydrogen-bond donors (Lipinski definition) is 1. The summed E-state index contributed by atoms with van der Waals surface area (Å²) in [6.07, 6.45) is 0. The molecular weight excluding hydrogens is 856 g/mol. The number of H-pyrrole nitrogens is 1. The van der Waals surface area contributed by atoms with Gasteiger partial charge in [-0.2, -0.15) is 0 Å². The van der Waals surface area contributed by atoms with Crippen molar-refractivity contribution in [3.05, 3.63) is 97.1 Å². The number of rotatable bonds is 3. The molecule has 0 amide bonds. The van der Waals surface area contributed by atoms with Crippen LogP contribution in [0.5, 0.6) is 0 Å². The second-order valence-electron chi connectivity index (χ2n) is 10.9. The van der Waals surface area contributed by atoms with Crippen molar-refractivity contribution in [2.45, 2.75) is 7.16 Å². The molecule has 9 nitrogen and oxygen atoms in total.